The first-order chi connectivity index (χ1) is 35.2. The summed E-state index contributed by atoms with van der Waals surface area (Å²) >= 11 is 0. The van der Waals surface area contributed by atoms with Crippen LogP contribution in [-0.2, 0) is 0 Å². The quantitative estimate of drug-likeness (QED) is 0.167. The van der Waals surface area contributed by atoms with Crippen LogP contribution in [0.1, 0.15) is 0 Å². The summed E-state index contributed by atoms with van der Waals surface area (Å²) in [5, 5.41) is 10.6. The zero-order valence-corrected chi connectivity index (χ0v) is 38.4. The van der Waals surface area contributed by atoms with Crippen molar-refractivity contribution in [2.24, 2.45) is 0 Å². The zero-order chi connectivity index (χ0) is 46.6. The van der Waals surface area contributed by atoms with Crippen LogP contribution >= 0.6 is 0 Å². The molecule has 330 valence electrons. The van der Waals surface area contributed by atoms with Gasteiger partial charge in [-0.25, -0.2) is 9.97 Å². The lowest BCUT2D eigenvalue weighted by Gasteiger charge is -2.14. The molecule has 11 aromatic carbocycles. The first kappa shape index (κ1) is 39.4. The molecule has 15 rings (SSSR count). The average molecular weight is 904 g/mol. The first-order valence-electron chi connectivity index (χ1n) is 24.2. The molecule has 0 unspecified atom stereocenters. The van der Waals surface area contributed by atoms with E-state index < -0.39 is 0 Å². The van der Waals surface area contributed by atoms with Gasteiger partial charge in [-0.2, -0.15) is 0 Å². The number of para-hydroxylation sites is 4. The highest BCUT2D eigenvalue weighted by molar-refractivity contribution is 6.29. The minimum atomic E-state index is 0.639. The summed E-state index contributed by atoms with van der Waals surface area (Å²) in [5.41, 5.74) is 16.7. The molecule has 15 aromatic rings. The van der Waals surface area contributed by atoms with Crippen molar-refractivity contribution in [3.63, 3.8) is 0 Å². The highest BCUT2D eigenvalue weighted by Gasteiger charge is 2.24. The molecular formula is C66H41N5. The zero-order valence-electron chi connectivity index (χ0n) is 38.4. The van der Waals surface area contributed by atoms with Gasteiger partial charge in [-0.15, -0.1) is 0 Å². The number of fused-ring (bicyclic) bond motifs is 12. The maximum Gasteiger partial charge on any atom is 0.235 e. The van der Waals surface area contributed by atoms with Crippen LogP contribution in [0.5, 0.6) is 0 Å². The molecule has 0 saturated heterocycles. The molecule has 0 aliphatic rings. The second-order valence-electron chi connectivity index (χ2n) is 18.5. The highest BCUT2D eigenvalue weighted by Crippen LogP contribution is 2.45. The summed E-state index contributed by atoms with van der Waals surface area (Å²) < 4.78 is 7.20. The topological polar surface area (TPSA) is 40.6 Å². The van der Waals surface area contributed by atoms with E-state index in [9.17, 15) is 0 Å². The second-order valence-corrected chi connectivity index (χ2v) is 18.5. The predicted molar refractivity (Wildman–Crippen MR) is 296 cm³/mol. The molecule has 4 aromatic heterocycles. The number of nitrogens with zero attached hydrogens (tertiary/aromatic N) is 5. The van der Waals surface area contributed by atoms with E-state index in [0.717, 1.165) is 71.8 Å². The Kier molecular flexibility index (Phi) is 8.59. The van der Waals surface area contributed by atoms with Gasteiger partial charge in [0.2, 0.25) is 5.95 Å². The van der Waals surface area contributed by atoms with E-state index in [-0.39, 0.29) is 0 Å². The van der Waals surface area contributed by atoms with E-state index in [2.05, 4.69) is 262 Å². The number of hydrogen-bond donors (Lipinski definition) is 0. The maximum absolute atomic E-state index is 5.53. The molecule has 0 bridgehead atoms. The van der Waals surface area contributed by atoms with Crippen molar-refractivity contribution in [2.45, 2.75) is 0 Å². The third-order valence-electron chi connectivity index (χ3n) is 14.7. The Bertz CT molecular complexity index is 4630. The summed E-state index contributed by atoms with van der Waals surface area (Å²) in [7, 11) is 0. The van der Waals surface area contributed by atoms with Crippen LogP contribution < -0.4 is 0 Å². The average Bonchev–Trinajstić information content (AvgIpc) is 4.09. The van der Waals surface area contributed by atoms with Gasteiger partial charge in [0, 0.05) is 49.0 Å². The molecule has 5 nitrogen and oxygen atoms in total. The van der Waals surface area contributed by atoms with Gasteiger partial charge in [0.25, 0.3) is 0 Å². The van der Waals surface area contributed by atoms with Crippen LogP contribution in [0, 0.1) is 0 Å². The van der Waals surface area contributed by atoms with Crippen LogP contribution in [0.2, 0.25) is 0 Å². The monoisotopic (exact) mass is 903 g/mol. The van der Waals surface area contributed by atoms with Gasteiger partial charge in [-0.1, -0.05) is 188 Å². The van der Waals surface area contributed by atoms with Crippen LogP contribution in [0.15, 0.2) is 249 Å². The molecule has 0 aliphatic heterocycles. The molecule has 5 heteroatoms. The second kappa shape index (κ2) is 15.5. The highest BCUT2D eigenvalue weighted by atomic mass is 15.2. The van der Waals surface area contributed by atoms with Crippen molar-refractivity contribution in [1.82, 2.24) is 23.7 Å². The fourth-order valence-electron chi connectivity index (χ4n) is 11.6. The Morgan fingerprint density at radius 2 is 0.775 bits per heavy atom. The van der Waals surface area contributed by atoms with E-state index in [1.54, 1.807) is 0 Å². The number of benzene rings is 11. The number of aromatic nitrogens is 5. The minimum absolute atomic E-state index is 0.639. The fraction of sp³-hybridized carbons (Fsp3) is 0. The van der Waals surface area contributed by atoms with E-state index in [4.69, 9.17) is 9.97 Å². The van der Waals surface area contributed by atoms with Gasteiger partial charge in [-0.05, 0) is 93.7 Å². The van der Waals surface area contributed by atoms with Crippen molar-refractivity contribution < 1.29 is 0 Å². The van der Waals surface area contributed by atoms with Crippen LogP contribution in [0.25, 0.3) is 138 Å². The van der Waals surface area contributed by atoms with Crippen LogP contribution in [-0.4, -0.2) is 23.7 Å². The van der Waals surface area contributed by atoms with E-state index in [1.165, 1.54) is 60.2 Å². The van der Waals surface area contributed by atoms with Crippen molar-refractivity contribution in [3.05, 3.63) is 249 Å². The van der Waals surface area contributed by atoms with Gasteiger partial charge >= 0.3 is 0 Å². The van der Waals surface area contributed by atoms with Gasteiger partial charge in [0.15, 0.2) is 0 Å². The smallest absolute Gasteiger partial charge is 0.235 e. The normalized spacial score (nSPS) is 11.9. The van der Waals surface area contributed by atoms with Gasteiger partial charge < -0.3 is 9.13 Å². The van der Waals surface area contributed by atoms with Crippen molar-refractivity contribution in [3.8, 4) is 50.8 Å². The molecule has 0 radical (unpaired) electrons. The molecule has 0 amide bonds. The lowest BCUT2D eigenvalue weighted by molar-refractivity contribution is 1.01. The Labute approximate surface area is 408 Å². The molecule has 0 aliphatic carbocycles. The molecule has 71 heavy (non-hydrogen) atoms. The lowest BCUT2D eigenvalue weighted by atomic mass is 9.99. The Balaban J connectivity index is 0.951. The SMILES string of the molecule is c1ccc(-c2ccc(-c3cccc(-n4c5ccccc5c5c6c7ccccc7n(-c7cccc8c7c7ccccc7n8-c7nc(-c8cccc9ccccc89)c8ccccc8n7)c6ccc54)c3)cc2)cc1. The molecule has 0 fully saturated rings. The van der Waals surface area contributed by atoms with Crippen molar-refractivity contribution in [1.29, 1.82) is 0 Å². The maximum atomic E-state index is 5.53. The molecule has 4 heterocycles. The fourth-order valence-corrected chi connectivity index (χ4v) is 11.6. The Morgan fingerprint density at radius 1 is 0.282 bits per heavy atom. The predicted octanol–water partition coefficient (Wildman–Crippen LogP) is 17.1. The summed E-state index contributed by atoms with van der Waals surface area (Å²) in [6, 6.07) is 89.7. The van der Waals surface area contributed by atoms with Crippen molar-refractivity contribution >= 4 is 87.1 Å². The molecule has 0 atom stereocenters. The van der Waals surface area contributed by atoms with E-state index in [0.29, 0.717) is 5.95 Å². The largest absolute Gasteiger partial charge is 0.309 e. The van der Waals surface area contributed by atoms with Gasteiger partial charge in [0.1, 0.15) is 0 Å². The minimum Gasteiger partial charge on any atom is -0.309 e. The molecule has 0 spiro atoms. The summed E-state index contributed by atoms with van der Waals surface area (Å²) in [6.07, 6.45) is 0. The Hall–Kier alpha value is -9.58. The lowest BCUT2D eigenvalue weighted by Crippen LogP contribution is -2.04. The molecular weight excluding hydrogens is 863 g/mol. The van der Waals surface area contributed by atoms with E-state index in [1.807, 2.05) is 0 Å². The third-order valence-corrected chi connectivity index (χ3v) is 14.7. The standard InChI is InChI=1S/C66H41N5/c1-2-17-42(18-3-1)43-35-37-44(38-36-43)46-21-14-22-47(41-46)69-55-30-11-8-26-52(55)63-60(69)39-40-61-64(63)53-27-9-12-31-56(53)70(61)58-33-16-34-59-62(58)51-25-7-13-32-57(51)71(59)66-67-54-29-10-6-24-50(54)65(68-66)49-28-15-20-45-19-4-5-23-48(45)49/h1-41H. The number of hydrogen-bond acceptors (Lipinski definition) is 2. The van der Waals surface area contributed by atoms with Crippen molar-refractivity contribution in [2.75, 3.05) is 0 Å². The summed E-state index contributed by atoms with van der Waals surface area (Å²) in [6.45, 7) is 0. The Morgan fingerprint density at radius 3 is 1.52 bits per heavy atom. The third kappa shape index (κ3) is 5.93. The number of rotatable bonds is 6. The molecule has 0 N–H and O–H groups in total. The van der Waals surface area contributed by atoms with E-state index >= 15 is 0 Å². The first-order valence-corrected chi connectivity index (χ1v) is 24.2. The van der Waals surface area contributed by atoms with Crippen LogP contribution in [0.3, 0.4) is 0 Å². The van der Waals surface area contributed by atoms with Gasteiger partial charge in [0.05, 0.1) is 50.0 Å². The summed E-state index contributed by atoms with van der Waals surface area (Å²) in [5.74, 6) is 0.639. The summed E-state index contributed by atoms with van der Waals surface area (Å²) in [4.78, 5) is 10.9. The molecule has 0 saturated carbocycles. The van der Waals surface area contributed by atoms with Gasteiger partial charge in [-0.3, -0.25) is 4.57 Å². The van der Waals surface area contributed by atoms with Crippen LogP contribution in [0.4, 0.5) is 0 Å².